The van der Waals surface area contributed by atoms with E-state index < -0.39 is 0 Å². The van der Waals surface area contributed by atoms with E-state index in [1.807, 2.05) is 16.9 Å². The molecule has 8 nitrogen and oxygen atoms in total. The lowest BCUT2D eigenvalue weighted by Gasteiger charge is -2.28. The predicted octanol–water partition coefficient (Wildman–Crippen LogP) is 3.38. The minimum absolute atomic E-state index is 0.474. The molecule has 0 bridgehead atoms. The van der Waals surface area contributed by atoms with Gasteiger partial charge in [-0.05, 0) is 45.8 Å². The molecular formula is C20H28N8. The molecule has 1 saturated heterocycles. The summed E-state index contributed by atoms with van der Waals surface area (Å²) in [7, 11) is 2.18. The minimum Gasteiger partial charge on any atom is -0.334 e. The van der Waals surface area contributed by atoms with Crippen molar-refractivity contribution in [2.75, 3.05) is 25.5 Å². The number of aromatic nitrogens is 6. The van der Waals surface area contributed by atoms with E-state index in [1.54, 1.807) is 6.33 Å². The highest BCUT2D eigenvalue weighted by molar-refractivity contribution is 5.68. The minimum atomic E-state index is 0.474. The highest BCUT2D eigenvalue weighted by Crippen LogP contribution is 2.33. The van der Waals surface area contributed by atoms with E-state index >= 15 is 0 Å². The maximum Gasteiger partial charge on any atom is 0.198 e. The second-order valence-electron chi connectivity index (χ2n) is 8.25. The van der Waals surface area contributed by atoms with Crippen LogP contribution in [0.25, 0.3) is 5.65 Å². The zero-order valence-electron chi connectivity index (χ0n) is 16.5. The molecule has 1 saturated carbocycles. The largest absolute Gasteiger partial charge is 0.334 e. The summed E-state index contributed by atoms with van der Waals surface area (Å²) in [6.45, 7) is 2.25. The Kier molecular flexibility index (Phi) is 4.72. The second kappa shape index (κ2) is 7.50. The van der Waals surface area contributed by atoms with Crippen molar-refractivity contribution in [2.24, 2.45) is 0 Å². The molecule has 5 rings (SSSR count). The number of hydrogen-bond acceptors (Lipinski definition) is 6. The number of anilines is 2. The monoisotopic (exact) mass is 380 g/mol. The standard InChI is InChI=1S/C20H28N8/c1-26-9-7-17(8-10-26)27-12-16(11-22-27)24-19-20-21-14-23-28(20)13-18(25-19)15-5-3-2-4-6-15/h11-15,17H,2-10H2,1H3,(H,24,25). The Morgan fingerprint density at radius 2 is 1.82 bits per heavy atom. The van der Waals surface area contributed by atoms with Crippen molar-refractivity contribution in [3.63, 3.8) is 0 Å². The maximum atomic E-state index is 4.95. The van der Waals surface area contributed by atoms with Gasteiger partial charge in [-0.3, -0.25) is 4.68 Å². The van der Waals surface area contributed by atoms with Crippen LogP contribution in [0.2, 0.25) is 0 Å². The van der Waals surface area contributed by atoms with Crippen LogP contribution in [-0.4, -0.2) is 54.4 Å². The Bertz CT molecular complexity index is 931. The molecule has 4 heterocycles. The molecule has 1 aliphatic carbocycles. The van der Waals surface area contributed by atoms with E-state index in [0.717, 1.165) is 48.8 Å². The van der Waals surface area contributed by atoms with Crippen molar-refractivity contribution < 1.29 is 0 Å². The molecule has 3 aromatic rings. The third-order valence-corrected chi connectivity index (χ3v) is 6.23. The molecule has 0 radical (unpaired) electrons. The smallest absolute Gasteiger partial charge is 0.198 e. The first-order chi connectivity index (χ1) is 13.8. The molecule has 1 aliphatic heterocycles. The van der Waals surface area contributed by atoms with Gasteiger partial charge in [0.05, 0.1) is 29.8 Å². The van der Waals surface area contributed by atoms with Gasteiger partial charge in [0, 0.05) is 12.1 Å². The molecule has 3 aromatic heterocycles. The fourth-order valence-electron chi connectivity index (χ4n) is 4.52. The molecule has 8 heteroatoms. The van der Waals surface area contributed by atoms with Crippen LogP contribution in [0.15, 0.2) is 24.9 Å². The normalized spacial score (nSPS) is 20.0. The molecule has 0 spiro atoms. The zero-order chi connectivity index (χ0) is 18.9. The first-order valence-corrected chi connectivity index (χ1v) is 10.5. The molecule has 0 amide bonds. The Morgan fingerprint density at radius 1 is 1.00 bits per heavy atom. The van der Waals surface area contributed by atoms with Gasteiger partial charge in [-0.2, -0.15) is 10.2 Å². The van der Waals surface area contributed by atoms with Gasteiger partial charge in [-0.25, -0.2) is 14.5 Å². The molecule has 2 fully saturated rings. The number of nitrogens with zero attached hydrogens (tertiary/aromatic N) is 7. The van der Waals surface area contributed by atoms with Crippen molar-refractivity contribution in [2.45, 2.75) is 56.9 Å². The number of likely N-dealkylation sites (tertiary alicyclic amines) is 1. The average molecular weight is 381 g/mol. The Morgan fingerprint density at radius 3 is 2.64 bits per heavy atom. The number of hydrogen-bond donors (Lipinski definition) is 1. The van der Waals surface area contributed by atoms with E-state index in [9.17, 15) is 0 Å². The Hall–Kier alpha value is -2.48. The highest BCUT2D eigenvalue weighted by Gasteiger charge is 2.21. The van der Waals surface area contributed by atoms with Crippen LogP contribution in [0, 0.1) is 0 Å². The molecule has 28 heavy (non-hydrogen) atoms. The maximum absolute atomic E-state index is 4.95. The summed E-state index contributed by atoms with van der Waals surface area (Å²) in [5.41, 5.74) is 2.83. The Balaban J connectivity index is 1.39. The highest BCUT2D eigenvalue weighted by atomic mass is 15.3. The van der Waals surface area contributed by atoms with Gasteiger partial charge in [0.15, 0.2) is 11.5 Å². The van der Waals surface area contributed by atoms with E-state index in [4.69, 9.17) is 4.98 Å². The summed E-state index contributed by atoms with van der Waals surface area (Å²) in [6, 6.07) is 0.474. The number of nitrogens with one attached hydrogen (secondary N) is 1. The topological polar surface area (TPSA) is 76.2 Å². The molecule has 0 atom stereocenters. The van der Waals surface area contributed by atoms with Crippen molar-refractivity contribution in [3.05, 3.63) is 30.6 Å². The van der Waals surface area contributed by atoms with Gasteiger partial charge >= 0.3 is 0 Å². The fourth-order valence-corrected chi connectivity index (χ4v) is 4.52. The van der Waals surface area contributed by atoms with E-state index in [-0.39, 0.29) is 0 Å². The molecule has 1 N–H and O–H groups in total. The van der Waals surface area contributed by atoms with Crippen molar-refractivity contribution in [1.82, 2.24) is 34.3 Å². The number of rotatable bonds is 4. The van der Waals surface area contributed by atoms with Crippen molar-refractivity contribution in [1.29, 1.82) is 0 Å². The predicted molar refractivity (Wildman–Crippen MR) is 108 cm³/mol. The van der Waals surface area contributed by atoms with E-state index in [1.165, 1.54) is 32.1 Å². The molecule has 2 aliphatic rings. The first kappa shape index (κ1) is 17.6. The summed E-state index contributed by atoms with van der Waals surface area (Å²) >= 11 is 0. The number of piperidine rings is 1. The van der Waals surface area contributed by atoms with Crippen LogP contribution < -0.4 is 5.32 Å². The van der Waals surface area contributed by atoms with Crippen molar-refractivity contribution in [3.8, 4) is 0 Å². The first-order valence-electron chi connectivity index (χ1n) is 10.5. The summed E-state index contributed by atoms with van der Waals surface area (Å²) < 4.78 is 3.95. The molecular weight excluding hydrogens is 352 g/mol. The van der Waals surface area contributed by atoms with Crippen LogP contribution in [0.3, 0.4) is 0 Å². The van der Waals surface area contributed by atoms with Crippen LogP contribution in [0.5, 0.6) is 0 Å². The molecule has 0 aromatic carbocycles. The van der Waals surface area contributed by atoms with Crippen LogP contribution in [0.1, 0.15) is 62.6 Å². The SMILES string of the molecule is CN1CCC(n2cc(Nc3nc(C4CCCCC4)cn4ncnc34)cn2)CC1. The summed E-state index contributed by atoms with van der Waals surface area (Å²) in [5.74, 6) is 1.29. The zero-order valence-corrected chi connectivity index (χ0v) is 16.5. The van der Waals surface area contributed by atoms with Gasteiger partial charge in [0.1, 0.15) is 6.33 Å². The van der Waals surface area contributed by atoms with E-state index in [0.29, 0.717) is 12.0 Å². The van der Waals surface area contributed by atoms with Crippen molar-refractivity contribution >= 4 is 17.2 Å². The lowest BCUT2D eigenvalue weighted by atomic mass is 9.87. The summed E-state index contributed by atoms with van der Waals surface area (Å²) in [5, 5.41) is 12.4. The van der Waals surface area contributed by atoms with Gasteiger partial charge in [-0.1, -0.05) is 19.3 Å². The third-order valence-electron chi connectivity index (χ3n) is 6.23. The summed E-state index contributed by atoms with van der Waals surface area (Å²) in [4.78, 5) is 11.7. The molecule has 148 valence electrons. The van der Waals surface area contributed by atoms with Gasteiger partial charge in [0.25, 0.3) is 0 Å². The lowest BCUT2D eigenvalue weighted by molar-refractivity contribution is 0.212. The lowest BCUT2D eigenvalue weighted by Crippen LogP contribution is -2.31. The van der Waals surface area contributed by atoms with Crippen LogP contribution >= 0.6 is 0 Å². The Labute approximate surface area is 165 Å². The van der Waals surface area contributed by atoms with Crippen LogP contribution in [-0.2, 0) is 0 Å². The van der Waals surface area contributed by atoms with Gasteiger partial charge < -0.3 is 10.2 Å². The second-order valence-corrected chi connectivity index (χ2v) is 8.25. The fraction of sp³-hybridized carbons (Fsp3) is 0.600. The van der Waals surface area contributed by atoms with Gasteiger partial charge in [-0.15, -0.1) is 0 Å². The number of fused-ring (bicyclic) bond motifs is 1. The van der Waals surface area contributed by atoms with Gasteiger partial charge in [0.2, 0.25) is 0 Å². The summed E-state index contributed by atoms with van der Waals surface area (Å²) in [6.07, 6.45) is 16.2. The van der Waals surface area contributed by atoms with Crippen LogP contribution in [0.4, 0.5) is 11.5 Å². The quantitative estimate of drug-likeness (QED) is 0.748. The molecule has 0 unspecified atom stereocenters. The average Bonchev–Trinajstić information content (AvgIpc) is 3.39. The van der Waals surface area contributed by atoms with E-state index in [2.05, 4.69) is 43.3 Å². The third kappa shape index (κ3) is 3.48.